The average molecular weight is 295 g/mol. The molecule has 0 spiro atoms. The Morgan fingerprint density at radius 2 is 1.94 bits per heavy atom. The van der Waals surface area contributed by atoms with Gasteiger partial charge in [-0.1, -0.05) is 13.8 Å². The van der Waals surface area contributed by atoms with Crippen LogP contribution in [0.3, 0.4) is 0 Å². The summed E-state index contributed by atoms with van der Waals surface area (Å²) in [6.45, 7) is 3.83. The molecule has 0 aromatic heterocycles. The molecule has 0 unspecified atom stereocenters. The van der Waals surface area contributed by atoms with Crippen LogP contribution in [0.15, 0.2) is 0 Å². The maximum absolute atomic E-state index is 11.7. The molecule has 1 atom stereocenters. The van der Waals surface area contributed by atoms with E-state index in [-0.39, 0.29) is 42.4 Å². The first-order valence-corrected chi connectivity index (χ1v) is 5.95. The zero-order valence-corrected chi connectivity index (χ0v) is 11.3. The molecule has 0 heterocycles. The molecule has 0 aromatic carbocycles. The van der Waals surface area contributed by atoms with E-state index in [9.17, 15) is 18.0 Å². The van der Waals surface area contributed by atoms with Crippen molar-refractivity contribution in [1.82, 2.24) is 5.32 Å². The van der Waals surface area contributed by atoms with Crippen molar-refractivity contribution in [2.45, 2.75) is 31.8 Å². The molecule has 0 aliphatic rings. The molecule has 3 N–H and O–H groups in total. The average Bonchev–Trinajstić information content (AvgIpc) is 2.09. The lowest BCUT2D eigenvalue weighted by molar-refractivity contribution is -0.122. The van der Waals surface area contributed by atoms with Crippen molar-refractivity contribution in [3.05, 3.63) is 0 Å². The quantitative estimate of drug-likeness (QED) is 0.738. The largest absolute Gasteiger partial charge is 0.441 e. The molecular formula is C9H18ClF3N2OS. The molecule has 8 heteroatoms. The molecule has 0 fully saturated rings. The predicted octanol–water partition coefficient (Wildman–Crippen LogP) is 2.15. The molecule has 0 aliphatic carbocycles. The van der Waals surface area contributed by atoms with Gasteiger partial charge in [0.25, 0.3) is 0 Å². The van der Waals surface area contributed by atoms with E-state index in [1.165, 1.54) is 0 Å². The number of alkyl halides is 3. The van der Waals surface area contributed by atoms with Gasteiger partial charge in [-0.15, -0.1) is 12.4 Å². The standard InChI is InChI=1S/C9H17F3N2OS.ClH/c1-6(2)5-7(13)8(15)14-3-4-16-9(10,11)12;/h6-7H,3-5,13H2,1-2H3,(H,14,15);1H/t7-;/m0./s1. The van der Waals surface area contributed by atoms with E-state index in [0.29, 0.717) is 6.42 Å². The molecular weight excluding hydrogens is 277 g/mol. The van der Waals surface area contributed by atoms with E-state index >= 15 is 0 Å². The first kappa shape index (κ1) is 19.2. The van der Waals surface area contributed by atoms with Crippen molar-refractivity contribution in [3.8, 4) is 0 Å². The van der Waals surface area contributed by atoms with Crippen molar-refractivity contribution in [1.29, 1.82) is 0 Å². The summed E-state index contributed by atoms with van der Waals surface area (Å²) < 4.78 is 35.2. The van der Waals surface area contributed by atoms with Crippen molar-refractivity contribution in [3.63, 3.8) is 0 Å². The fourth-order valence-electron chi connectivity index (χ4n) is 1.09. The lowest BCUT2D eigenvalue weighted by Gasteiger charge is -2.14. The van der Waals surface area contributed by atoms with Gasteiger partial charge >= 0.3 is 5.51 Å². The number of nitrogens with one attached hydrogen (secondary N) is 1. The van der Waals surface area contributed by atoms with Crippen LogP contribution >= 0.6 is 24.2 Å². The highest BCUT2D eigenvalue weighted by Gasteiger charge is 2.27. The first-order chi connectivity index (χ1) is 7.22. The van der Waals surface area contributed by atoms with Crippen molar-refractivity contribution < 1.29 is 18.0 Å². The zero-order valence-electron chi connectivity index (χ0n) is 9.71. The number of amides is 1. The highest BCUT2D eigenvalue weighted by atomic mass is 35.5. The van der Waals surface area contributed by atoms with Crippen molar-refractivity contribution in [2.24, 2.45) is 11.7 Å². The van der Waals surface area contributed by atoms with Gasteiger partial charge in [0.2, 0.25) is 5.91 Å². The Labute approximate surface area is 109 Å². The summed E-state index contributed by atoms with van der Waals surface area (Å²) in [7, 11) is 0. The van der Waals surface area contributed by atoms with Gasteiger partial charge in [-0.05, 0) is 24.1 Å². The summed E-state index contributed by atoms with van der Waals surface area (Å²) in [5, 5.41) is 2.38. The number of hydrogen-bond acceptors (Lipinski definition) is 3. The molecule has 0 saturated heterocycles. The van der Waals surface area contributed by atoms with Crippen molar-refractivity contribution >= 4 is 30.1 Å². The van der Waals surface area contributed by atoms with Gasteiger partial charge in [0, 0.05) is 12.3 Å². The van der Waals surface area contributed by atoms with Crippen LogP contribution in [0.2, 0.25) is 0 Å². The number of carbonyl (C=O) groups is 1. The normalized spacial score (nSPS) is 13.1. The Balaban J connectivity index is 0. The van der Waals surface area contributed by atoms with Crippen LogP contribution in [0.25, 0.3) is 0 Å². The predicted molar refractivity (Wildman–Crippen MR) is 66.2 cm³/mol. The Kier molecular flexibility index (Phi) is 10.0. The third kappa shape index (κ3) is 12.1. The molecule has 104 valence electrons. The van der Waals surface area contributed by atoms with E-state index < -0.39 is 17.5 Å². The highest BCUT2D eigenvalue weighted by Crippen LogP contribution is 2.29. The van der Waals surface area contributed by atoms with Crippen LogP contribution in [0.4, 0.5) is 13.2 Å². The van der Waals surface area contributed by atoms with Crippen LogP contribution in [0.1, 0.15) is 20.3 Å². The van der Waals surface area contributed by atoms with E-state index in [0.717, 1.165) is 0 Å². The van der Waals surface area contributed by atoms with Crippen LogP contribution in [-0.4, -0.2) is 29.8 Å². The number of halogens is 4. The fraction of sp³-hybridized carbons (Fsp3) is 0.889. The Bertz CT molecular complexity index is 227. The van der Waals surface area contributed by atoms with Gasteiger partial charge in [-0.2, -0.15) is 13.2 Å². The SMILES string of the molecule is CC(C)C[C@H](N)C(=O)NCCSC(F)(F)F.Cl. The van der Waals surface area contributed by atoms with E-state index in [4.69, 9.17) is 5.73 Å². The van der Waals surface area contributed by atoms with Gasteiger partial charge in [0.1, 0.15) is 0 Å². The molecule has 1 amide bonds. The van der Waals surface area contributed by atoms with Gasteiger partial charge < -0.3 is 11.1 Å². The summed E-state index contributed by atoms with van der Waals surface area (Å²) in [5.74, 6) is -0.300. The monoisotopic (exact) mass is 294 g/mol. The Morgan fingerprint density at radius 1 is 1.41 bits per heavy atom. The maximum atomic E-state index is 11.7. The summed E-state index contributed by atoms with van der Waals surface area (Å²) in [4.78, 5) is 11.3. The maximum Gasteiger partial charge on any atom is 0.441 e. The number of carbonyl (C=O) groups excluding carboxylic acids is 1. The number of rotatable bonds is 6. The second kappa shape index (κ2) is 8.88. The molecule has 3 nitrogen and oxygen atoms in total. The molecule has 0 rings (SSSR count). The molecule has 0 aliphatic heterocycles. The summed E-state index contributed by atoms with van der Waals surface area (Å²) in [6, 6.07) is -0.643. The third-order valence-electron chi connectivity index (χ3n) is 1.73. The lowest BCUT2D eigenvalue weighted by atomic mass is 10.0. The topological polar surface area (TPSA) is 55.1 Å². The summed E-state index contributed by atoms with van der Waals surface area (Å²) in [6.07, 6.45) is 0.526. The van der Waals surface area contributed by atoms with E-state index in [1.807, 2.05) is 13.8 Å². The van der Waals surface area contributed by atoms with Crippen LogP contribution < -0.4 is 11.1 Å². The molecule has 0 aromatic rings. The molecule has 0 saturated carbocycles. The van der Waals surface area contributed by atoms with Gasteiger partial charge in [0.05, 0.1) is 6.04 Å². The molecule has 0 bridgehead atoms. The second-order valence-corrected chi connectivity index (χ2v) is 4.98. The number of thioether (sulfide) groups is 1. The minimum absolute atomic E-state index is 0. The summed E-state index contributed by atoms with van der Waals surface area (Å²) >= 11 is -0.154. The highest BCUT2D eigenvalue weighted by molar-refractivity contribution is 8.00. The smallest absolute Gasteiger partial charge is 0.354 e. The van der Waals surface area contributed by atoms with E-state index in [2.05, 4.69) is 5.32 Å². The van der Waals surface area contributed by atoms with Crippen LogP contribution in [-0.2, 0) is 4.79 Å². The minimum atomic E-state index is -4.25. The lowest BCUT2D eigenvalue weighted by Crippen LogP contribution is -2.42. The van der Waals surface area contributed by atoms with E-state index in [1.54, 1.807) is 0 Å². The Hall–Kier alpha value is -0.140. The van der Waals surface area contributed by atoms with Gasteiger partial charge in [0.15, 0.2) is 0 Å². The number of hydrogen-bond donors (Lipinski definition) is 2. The van der Waals surface area contributed by atoms with Crippen LogP contribution in [0, 0.1) is 5.92 Å². The Morgan fingerprint density at radius 3 is 2.35 bits per heavy atom. The van der Waals surface area contributed by atoms with Crippen LogP contribution in [0.5, 0.6) is 0 Å². The fourth-order valence-corrected chi connectivity index (χ4v) is 1.52. The third-order valence-corrected chi connectivity index (χ3v) is 2.46. The summed E-state index contributed by atoms with van der Waals surface area (Å²) in [5.41, 5.74) is 1.30. The van der Waals surface area contributed by atoms with Gasteiger partial charge in [-0.3, -0.25) is 4.79 Å². The second-order valence-electron chi connectivity index (χ2n) is 3.82. The zero-order chi connectivity index (χ0) is 12.8. The minimum Gasteiger partial charge on any atom is -0.354 e. The van der Waals surface area contributed by atoms with Gasteiger partial charge in [-0.25, -0.2) is 0 Å². The molecule has 17 heavy (non-hydrogen) atoms. The first-order valence-electron chi connectivity index (χ1n) is 4.96. The molecule has 0 radical (unpaired) electrons. The van der Waals surface area contributed by atoms with Crippen molar-refractivity contribution in [2.75, 3.05) is 12.3 Å². The number of nitrogens with two attached hydrogens (primary N) is 1.